The molecule has 3 heterocycles. The molecular formula is C18H20FN7O. The van der Waals surface area contributed by atoms with E-state index in [1.165, 1.54) is 13.3 Å². The first-order valence-corrected chi connectivity index (χ1v) is 8.73. The van der Waals surface area contributed by atoms with Crippen LogP contribution in [0.4, 0.5) is 4.39 Å². The van der Waals surface area contributed by atoms with Crippen molar-refractivity contribution in [3.63, 3.8) is 0 Å². The highest BCUT2D eigenvalue weighted by molar-refractivity contribution is 6.06. The van der Waals surface area contributed by atoms with Crippen LogP contribution in [-0.4, -0.2) is 36.7 Å². The predicted octanol–water partition coefficient (Wildman–Crippen LogP) is 2.10. The van der Waals surface area contributed by atoms with Gasteiger partial charge < -0.3 is 0 Å². The van der Waals surface area contributed by atoms with Crippen molar-refractivity contribution in [1.82, 2.24) is 30.0 Å². The van der Waals surface area contributed by atoms with Gasteiger partial charge in [0.05, 0.1) is 34.1 Å². The van der Waals surface area contributed by atoms with Gasteiger partial charge >= 0.3 is 0 Å². The summed E-state index contributed by atoms with van der Waals surface area (Å²) in [7, 11) is 3.32. The lowest BCUT2D eigenvalue weighted by Crippen LogP contribution is -2.19. The fourth-order valence-corrected chi connectivity index (χ4v) is 3.24. The summed E-state index contributed by atoms with van der Waals surface area (Å²) in [6.45, 7) is 3.52. The molecule has 1 aliphatic rings. The fraction of sp³-hybridized carbons (Fsp3) is 0.389. The van der Waals surface area contributed by atoms with Crippen molar-refractivity contribution in [3.05, 3.63) is 40.2 Å². The number of fused-ring (bicyclic) bond motifs is 1. The zero-order valence-corrected chi connectivity index (χ0v) is 15.6. The first-order chi connectivity index (χ1) is 12.9. The number of pyridine rings is 1. The van der Waals surface area contributed by atoms with Crippen LogP contribution in [0.2, 0.25) is 0 Å². The monoisotopic (exact) mass is 369 g/mol. The summed E-state index contributed by atoms with van der Waals surface area (Å²) in [5.74, 6) is -0.485. The van der Waals surface area contributed by atoms with Gasteiger partial charge in [-0.15, -0.1) is 0 Å². The molecule has 1 fully saturated rings. The number of aromatic nitrogens is 5. The van der Waals surface area contributed by atoms with Crippen LogP contribution in [0.25, 0.3) is 11.0 Å². The minimum Gasteiger partial charge on any atom is -0.267 e. The second kappa shape index (κ2) is 6.26. The van der Waals surface area contributed by atoms with Crippen molar-refractivity contribution in [2.75, 3.05) is 0 Å². The van der Waals surface area contributed by atoms with E-state index in [2.05, 4.69) is 25.7 Å². The van der Waals surface area contributed by atoms with Crippen molar-refractivity contribution in [2.45, 2.75) is 32.6 Å². The van der Waals surface area contributed by atoms with Crippen molar-refractivity contribution in [2.24, 2.45) is 19.2 Å². The number of carbonyl (C=O) groups excluding carboxylic acids is 1. The van der Waals surface area contributed by atoms with Gasteiger partial charge in [-0.25, -0.2) is 15.1 Å². The Labute approximate surface area is 155 Å². The molecule has 1 saturated carbocycles. The summed E-state index contributed by atoms with van der Waals surface area (Å²) in [5, 5.41) is 13.0. The number of halogens is 1. The second-order valence-electron chi connectivity index (χ2n) is 6.89. The molecule has 0 aliphatic heterocycles. The van der Waals surface area contributed by atoms with E-state index in [1.54, 1.807) is 11.6 Å². The van der Waals surface area contributed by atoms with Gasteiger partial charge in [0, 0.05) is 25.7 Å². The first kappa shape index (κ1) is 17.3. The molecule has 0 saturated heterocycles. The first-order valence-electron chi connectivity index (χ1n) is 8.73. The van der Waals surface area contributed by atoms with Crippen LogP contribution in [0.15, 0.2) is 11.2 Å². The Morgan fingerprint density at radius 3 is 2.59 bits per heavy atom. The van der Waals surface area contributed by atoms with Gasteiger partial charge in [0.2, 0.25) is 5.95 Å². The maximum absolute atomic E-state index is 14.0. The Hall–Kier alpha value is -3.10. The van der Waals surface area contributed by atoms with Crippen LogP contribution in [0.5, 0.6) is 0 Å². The maximum Gasteiger partial charge on any atom is 0.272 e. The fourth-order valence-electron chi connectivity index (χ4n) is 3.24. The smallest absolute Gasteiger partial charge is 0.267 e. The van der Waals surface area contributed by atoms with E-state index < -0.39 is 5.95 Å². The Balaban J connectivity index is 1.67. The summed E-state index contributed by atoms with van der Waals surface area (Å²) in [4.78, 5) is 17.5. The third-order valence-corrected chi connectivity index (χ3v) is 4.78. The lowest BCUT2D eigenvalue weighted by Gasteiger charge is -2.06. The van der Waals surface area contributed by atoms with E-state index in [0.29, 0.717) is 28.2 Å². The topological polar surface area (TPSA) is 90.0 Å². The number of aryl methyl sites for hydroxylation is 4. The number of hydrogen-bond donors (Lipinski definition) is 1. The largest absolute Gasteiger partial charge is 0.272 e. The van der Waals surface area contributed by atoms with Crippen LogP contribution >= 0.6 is 0 Å². The van der Waals surface area contributed by atoms with Crippen LogP contribution < -0.4 is 5.43 Å². The molecule has 0 radical (unpaired) electrons. The molecule has 0 spiro atoms. The minimum absolute atomic E-state index is 0.244. The molecule has 0 atom stereocenters. The van der Waals surface area contributed by atoms with Crippen molar-refractivity contribution in [3.8, 4) is 0 Å². The molecule has 1 aliphatic carbocycles. The SMILES string of the molecule is Cc1nn(C)c(F)c1/C=N/NC(=O)c1cc(C2CC2)nc2c1c(C)nn2C. The summed E-state index contributed by atoms with van der Waals surface area (Å²) in [5.41, 5.74) is 6.02. The molecule has 8 nitrogen and oxygen atoms in total. The van der Waals surface area contributed by atoms with Crippen molar-refractivity contribution < 1.29 is 9.18 Å². The van der Waals surface area contributed by atoms with Gasteiger partial charge in [0.1, 0.15) is 0 Å². The molecule has 4 rings (SSSR count). The molecule has 1 N–H and O–H groups in total. The third-order valence-electron chi connectivity index (χ3n) is 4.78. The van der Waals surface area contributed by atoms with E-state index in [4.69, 9.17) is 0 Å². The third kappa shape index (κ3) is 2.98. The summed E-state index contributed by atoms with van der Waals surface area (Å²) in [6.07, 6.45) is 3.42. The van der Waals surface area contributed by atoms with Gasteiger partial charge in [-0.2, -0.15) is 19.7 Å². The van der Waals surface area contributed by atoms with Crippen LogP contribution in [0, 0.1) is 19.8 Å². The van der Waals surface area contributed by atoms with Gasteiger partial charge in [-0.05, 0) is 32.8 Å². The predicted molar refractivity (Wildman–Crippen MR) is 98.2 cm³/mol. The normalized spacial score (nSPS) is 14.4. The quantitative estimate of drug-likeness (QED) is 0.563. The molecule has 9 heteroatoms. The van der Waals surface area contributed by atoms with Gasteiger partial charge in [0.15, 0.2) is 5.65 Å². The van der Waals surface area contributed by atoms with E-state index in [-0.39, 0.29) is 11.5 Å². The number of carbonyl (C=O) groups is 1. The van der Waals surface area contributed by atoms with E-state index >= 15 is 0 Å². The number of nitrogens with one attached hydrogen (secondary N) is 1. The number of amides is 1. The molecular weight excluding hydrogens is 349 g/mol. The van der Waals surface area contributed by atoms with Crippen LogP contribution in [-0.2, 0) is 14.1 Å². The van der Waals surface area contributed by atoms with Gasteiger partial charge in [0.25, 0.3) is 5.91 Å². The zero-order valence-electron chi connectivity index (χ0n) is 15.6. The highest BCUT2D eigenvalue weighted by Gasteiger charge is 2.28. The van der Waals surface area contributed by atoms with Crippen LogP contribution in [0.3, 0.4) is 0 Å². The number of hydrazone groups is 1. The molecule has 1 amide bonds. The van der Waals surface area contributed by atoms with Crippen LogP contribution in [0.1, 0.15) is 51.8 Å². The standard InChI is InChI=1S/C18H20FN7O/c1-9-13(16(19)25(3)23-9)8-20-22-18(27)12-7-14(11-5-6-11)21-17-15(12)10(2)24-26(17)4/h7-8,11H,5-6H2,1-4H3,(H,22,27)/b20-8+. The molecule has 0 unspecified atom stereocenters. The second-order valence-corrected chi connectivity index (χ2v) is 6.89. The Morgan fingerprint density at radius 2 is 1.96 bits per heavy atom. The summed E-state index contributed by atoms with van der Waals surface area (Å²) in [6, 6.07) is 1.81. The van der Waals surface area contributed by atoms with Crippen molar-refractivity contribution >= 4 is 23.2 Å². The average Bonchev–Trinajstić information content (AvgIpc) is 3.39. The van der Waals surface area contributed by atoms with E-state index in [0.717, 1.165) is 28.9 Å². The highest BCUT2D eigenvalue weighted by Crippen LogP contribution is 2.40. The van der Waals surface area contributed by atoms with E-state index in [1.807, 2.05) is 20.0 Å². The highest BCUT2D eigenvalue weighted by atomic mass is 19.1. The number of rotatable bonds is 4. The molecule has 0 bridgehead atoms. The minimum atomic E-state index is -0.504. The molecule has 3 aromatic heterocycles. The Bertz CT molecular complexity index is 1090. The zero-order chi connectivity index (χ0) is 19.3. The molecule has 140 valence electrons. The average molecular weight is 369 g/mol. The molecule has 0 aromatic carbocycles. The van der Waals surface area contributed by atoms with Crippen molar-refractivity contribution in [1.29, 1.82) is 0 Å². The lowest BCUT2D eigenvalue weighted by atomic mass is 10.1. The number of nitrogens with zero attached hydrogens (tertiary/aromatic N) is 6. The van der Waals surface area contributed by atoms with Gasteiger partial charge in [-0.1, -0.05) is 0 Å². The van der Waals surface area contributed by atoms with E-state index in [9.17, 15) is 9.18 Å². The molecule has 3 aromatic rings. The maximum atomic E-state index is 14.0. The lowest BCUT2D eigenvalue weighted by molar-refractivity contribution is 0.0956. The van der Waals surface area contributed by atoms with Gasteiger partial charge in [-0.3, -0.25) is 9.48 Å². The molecule has 27 heavy (non-hydrogen) atoms. The Morgan fingerprint density at radius 1 is 1.26 bits per heavy atom. The number of hydrogen-bond acceptors (Lipinski definition) is 5. The summed E-state index contributed by atoms with van der Waals surface area (Å²) >= 11 is 0. The Kier molecular flexibility index (Phi) is 4.01. The summed E-state index contributed by atoms with van der Waals surface area (Å²) < 4.78 is 16.8.